The molecule has 0 atom stereocenters. The van der Waals surface area contributed by atoms with E-state index in [1.54, 1.807) is 12.1 Å². The number of nitro benzene ring substituents is 1. The number of benzene rings is 1. The summed E-state index contributed by atoms with van der Waals surface area (Å²) in [5, 5.41) is 11.6. The third kappa shape index (κ3) is 3.20. The van der Waals surface area contributed by atoms with Crippen LogP contribution < -0.4 is 4.74 Å². The smallest absolute Gasteiger partial charge is 0.310 e. The van der Waals surface area contributed by atoms with Crippen molar-refractivity contribution >= 4 is 21.6 Å². The van der Waals surface area contributed by atoms with Crippen LogP contribution in [0.1, 0.15) is 18.4 Å². The summed E-state index contributed by atoms with van der Waals surface area (Å²) >= 11 is 3.33. The Labute approximate surface area is 113 Å². The molecule has 0 aliphatic carbocycles. The second-order valence-corrected chi connectivity index (χ2v) is 4.68. The van der Waals surface area contributed by atoms with Crippen LogP contribution in [0.4, 0.5) is 5.69 Å². The highest BCUT2D eigenvalue weighted by Gasteiger charge is 2.21. The molecule has 6 heteroatoms. The highest BCUT2D eigenvalue weighted by Crippen LogP contribution is 2.31. The number of nitro groups is 1. The average molecular weight is 316 g/mol. The van der Waals surface area contributed by atoms with Gasteiger partial charge in [-0.25, -0.2) is 0 Å². The van der Waals surface area contributed by atoms with Gasteiger partial charge in [-0.15, -0.1) is 0 Å². The van der Waals surface area contributed by atoms with Crippen LogP contribution in [0.2, 0.25) is 0 Å². The topological polar surface area (TPSA) is 61.6 Å². The minimum Gasteiger partial charge on any atom is -0.483 e. The van der Waals surface area contributed by atoms with Gasteiger partial charge in [0.25, 0.3) is 0 Å². The minimum absolute atomic E-state index is 0.00280. The van der Waals surface area contributed by atoms with Gasteiger partial charge in [0.05, 0.1) is 18.1 Å². The van der Waals surface area contributed by atoms with Crippen molar-refractivity contribution < 1.29 is 14.4 Å². The van der Waals surface area contributed by atoms with Crippen LogP contribution in [0.15, 0.2) is 18.2 Å². The number of nitrogens with zero attached hydrogens (tertiary/aromatic N) is 1. The summed E-state index contributed by atoms with van der Waals surface area (Å²) in [6, 6.07) is 4.94. The number of halogens is 1. The molecule has 1 saturated heterocycles. The first-order valence-electron chi connectivity index (χ1n) is 5.78. The molecule has 1 aliphatic heterocycles. The first-order valence-corrected chi connectivity index (χ1v) is 6.90. The SMILES string of the molecule is O=[N+]([O-])c1ccc(CBr)cc1OC1CCOCC1. The molecular weight excluding hydrogens is 302 g/mol. The molecule has 0 aromatic heterocycles. The fourth-order valence-electron chi connectivity index (χ4n) is 1.86. The number of hydrogen-bond donors (Lipinski definition) is 0. The Morgan fingerprint density at radius 2 is 2.17 bits per heavy atom. The van der Waals surface area contributed by atoms with Gasteiger partial charge in [-0.3, -0.25) is 10.1 Å². The largest absolute Gasteiger partial charge is 0.483 e. The van der Waals surface area contributed by atoms with Gasteiger partial charge in [0.15, 0.2) is 5.75 Å². The van der Waals surface area contributed by atoms with E-state index in [1.165, 1.54) is 6.07 Å². The van der Waals surface area contributed by atoms with E-state index in [0.29, 0.717) is 24.3 Å². The summed E-state index contributed by atoms with van der Waals surface area (Å²) < 4.78 is 11.0. The van der Waals surface area contributed by atoms with Gasteiger partial charge < -0.3 is 9.47 Å². The maximum absolute atomic E-state index is 11.0. The van der Waals surface area contributed by atoms with E-state index < -0.39 is 4.92 Å². The van der Waals surface area contributed by atoms with Crippen molar-refractivity contribution in [3.63, 3.8) is 0 Å². The van der Waals surface area contributed by atoms with Gasteiger partial charge >= 0.3 is 5.69 Å². The molecule has 0 unspecified atom stereocenters. The normalized spacial score (nSPS) is 16.5. The van der Waals surface area contributed by atoms with Crippen molar-refractivity contribution in [2.75, 3.05) is 13.2 Å². The van der Waals surface area contributed by atoms with E-state index in [4.69, 9.17) is 9.47 Å². The Morgan fingerprint density at radius 3 is 2.78 bits per heavy atom. The lowest BCUT2D eigenvalue weighted by atomic mass is 10.1. The number of hydrogen-bond acceptors (Lipinski definition) is 4. The number of ether oxygens (including phenoxy) is 2. The molecule has 1 fully saturated rings. The molecule has 0 saturated carbocycles. The van der Waals surface area contributed by atoms with Crippen LogP contribution in [-0.2, 0) is 10.1 Å². The van der Waals surface area contributed by atoms with Crippen LogP contribution in [0, 0.1) is 10.1 Å². The highest BCUT2D eigenvalue weighted by atomic mass is 79.9. The highest BCUT2D eigenvalue weighted by molar-refractivity contribution is 9.08. The zero-order valence-corrected chi connectivity index (χ0v) is 11.4. The monoisotopic (exact) mass is 315 g/mol. The standard InChI is InChI=1S/C12H14BrNO4/c13-8-9-1-2-11(14(15)16)12(7-9)18-10-3-5-17-6-4-10/h1-2,7,10H,3-6,8H2. The zero-order valence-electron chi connectivity index (χ0n) is 9.80. The Morgan fingerprint density at radius 1 is 1.44 bits per heavy atom. The average Bonchev–Trinajstić information content (AvgIpc) is 2.39. The molecule has 1 aromatic carbocycles. The lowest BCUT2D eigenvalue weighted by molar-refractivity contribution is -0.386. The van der Waals surface area contributed by atoms with Crippen LogP contribution in [0.3, 0.4) is 0 Å². The fourth-order valence-corrected chi connectivity index (χ4v) is 2.21. The fraction of sp³-hybridized carbons (Fsp3) is 0.500. The number of rotatable bonds is 4. The van der Waals surface area contributed by atoms with Crippen molar-refractivity contribution in [1.29, 1.82) is 0 Å². The lowest BCUT2D eigenvalue weighted by Crippen LogP contribution is -2.26. The molecule has 1 aromatic rings. The molecule has 0 amide bonds. The molecule has 1 heterocycles. The van der Waals surface area contributed by atoms with E-state index in [1.807, 2.05) is 0 Å². The zero-order chi connectivity index (χ0) is 13.0. The van der Waals surface area contributed by atoms with Gasteiger partial charge in [-0.05, 0) is 11.6 Å². The van der Waals surface area contributed by atoms with E-state index in [9.17, 15) is 10.1 Å². The van der Waals surface area contributed by atoms with Crippen molar-refractivity contribution in [1.82, 2.24) is 0 Å². The Balaban J connectivity index is 2.19. The van der Waals surface area contributed by atoms with Crippen molar-refractivity contribution in [2.24, 2.45) is 0 Å². The second kappa shape index (κ2) is 6.15. The van der Waals surface area contributed by atoms with Crippen molar-refractivity contribution in [2.45, 2.75) is 24.3 Å². The van der Waals surface area contributed by atoms with Crippen LogP contribution >= 0.6 is 15.9 Å². The molecule has 2 rings (SSSR count). The minimum atomic E-state index is -0.410. The first kappa shape index (κ1) is 13.3. The molecule has 0 bridgehead atoms. The maximum atomic E-state index is 11.0. The molecule has 1 aliphatic rings. The summed E-state index contributed by atoms with van der Waals surface area (Å²) in [6.45, 7) is 1.30. The number of alkyl halides is 1. The van der Waals surface area contributed by atoms with Crippen molar-refractivity contribution in [3.05, 3.63) is 33.9 Å². The first-order chi connectivity index (χ1) is 8.70. The summed E-state index contributed by atoms with van der Waals surface area (Å²) in [6.07, 6.45) is 1.55. The van der Waals surface area contributed by atoms with Gasteiger partial charge in [-0.2, -0.15) is 0 Å². The van der Waals surface area contributed by atoms with Crippen LogP contribution in [0.5, 0.6) is 5.75 Å². The van der Waals surface area contributed by atoms with Gasteiger partial charge in [0, 0.05) is 24.2 Å². The van der Waals surface area contributed by atoms with E-state index in [-0.39, 0.29) is 11.8 Å². The second-order valence-electron chi connectivity index (χ2n) is 4.12. The molecule has 0 N–H and O–H groups in total. The van der Waals surface area contributed by atoms with Gasteiger partial charge in [0.2, 0.25) is 0 Å². The maximum Gasteiger partial charge on any atom is 0.310 e. The third-order valence-corrected chi connectivity index (χ3v) is 3.48. The Hall–Kier alpha value is -1.14. The molecule has 0 radical (unpaired) electrons. The summed E-state index contributed by atoms with van der Waals surface area (Å²) in [5.74, 6) is 0.351. The van der Waals surface area contributed by atoms with E-state index in [0.717, 1.165) is 18.4 Å². The third-order valence-electron chi connectivity index (χ3n) is 2.84. The Bertz CT molecular complexity index is 432. The van der Waals surface area contributed by atoms with Crippen LogP contribution in [-0.4, -0.2) is 24.2 Å². The molecule has 98 valence electrons. The summed E-state index contributed by atoms with van der Waals surface area (Å²) in [5.41, 5.74) is 0.980. The van der Waals surface area contributed by atoms with Crippen molar-refractivity contribution in [3.8, 4) is 5.75 Å². The van der Waals surface area contributed by atoms with E-state index in [2.05, 4.69) is 15.9 Å². The van der Waals surface area contributed by atoms with Gasteiger partial charge in [-0.1, -0.05) is 22.0 Å². The lowest BCUT2D eigenvalue weighted by Gasteiger charge is -2.23. The van der Waals surface area contributed by atoms with Gasteiger partial charge in [0.1, 0.15) is 6.10 Å². The molecular formula is C12H14BrNO4. The predicted molar refractivity (Wildman–Crippen MR) is 70.2 cm³/mol. The Kier molecular flexibility index (Phi) is 4.54. The molecule has 5 nitrogen and oxygen atoms in total. The summed E-state index contributed by atoms with van der Waals surface area (Å²) in [7, 11) is 0. The summed E-state index contributed by atoms with van der Waals surface area (Å²) in [4.78, 5) is 10.5. The quantitative estimate of drug-likeness (QED) is 0.486. The predicted octanol–water partition coefficient (Wildman–Crippen LogP) is 3.05. The van der Waals surface area contributed by atoms with Crippen LogP contribution in [0.25, 0.3) is 0 Å². The molecule has 0 spiro atoms. The molecule has 18 heavy (non-hydrogen) atoms. The van der Waals surface area contributed by atoms with E-state index >= 15 is 0 Å².